The summed E-state index contributed by atoms with van der Waals surface area (Å²) in [6.45, 7) is 6.67. The monoisotopic (exact) mass is 492 g/mol. The van der Waals surface area contributed by atoms with Gasteiger partial charge in [0.05, 0.1) is 0 Å². The first-order chi connectivity index (χ1) is 12.6. The Morgan fingerprint density at radius 1 is 1.22 bits per heavy atom. The molecule has 0 bridgehead atoms. The van der Waals surface area contributed by atoms with Crippen molar-refractivity contribution in [1.29, 1.82) is 0 Å². The zero-order valence-corrected chi connectivity index (χ0v) is 19.5. The highest BCUT2D eigenvalue weighted by Crippen LogP contribution is 2.38. The number of hydrogen-bond acceptors (Lipinski definition) is 4. The van der Waals surface area contributed by atoms with E-state index < -0.39 is 0 Å². The number of unbranched alkanes of at least 4 members (excludes halogenated alkanes) is 1. The van der Waals surface area contributed by atoms with Crippen LogP contribution in [0, 0.1) is 12.3 Å². The number of nitrogens with one attached hydrogen (secondary N) is 2. The zero-order valence-electron chi connectivity index (χ0n) is 17.1. The van der Waals surface area contributed by atoms with E-state index in [4.69, 9.17) is 4.99 Å². The minimum Gasteiger partial charge on any atom is -0.396 e. The lowest BCUT2D eigenvalue weighted by Crippen LogP contribution is -2.45. The molecule has 156 valence electrons. The van der Waals surface area contributed by atoms with Crippen LogP contribution in [-0.2, 0) is 13.6 Å². The number of aliphatic imine (C=N–C) groups is 1. The second kappa shape index (κ2) is 12.5. The fraction of sp³-hybridized carbons (Fsp3) is 0.842. The maximum absolute atomic E-state index is 9.52. The Kier molecular flexibility index (Phi) is 11.2. The van der Waals surface area contributed by atoms with E-state index in [9.17, 15) is 5.11 Å². The highest BCUT2D eigenvalue weighted by molar-refractivity contribution is 14.0. The standard InChI is InChI=1S/C19H36N6O.HI/c1-4-5-12-20-18(21-14-17-24-23-16(2)25(17)3)22-15-19(11-13-26)9-7-6-8-10-19;/h26H,4-15H2,1-3H3,(H2,20,21,22);1H. The lowest BCUT2D eigenvalue weighted by Gasteiger charge is -2.37. The summed E-state index contributed by atoms with van der Waals surface area (Å²) in [4.78, 5) is 4.72. The van der Waals surface area contributed by atoms with Gasteiger partial charge < -0.3 is 20.3 Å². The van der Waals surface area contributed by atoms with Crippen molar-refractivity contribution in [3.8, 4) is 0 Å². The summed E-state index contributed by atoms with van der Waals surface area (Å²) in [5.74, 6) is 2.59. The first-order valence-corrected chi connectivity index (χ1v) is 10.1. The Balaban J connectivity index is 0.00000364. The zero-order chi connectivity index (χ0) is 18.8. The molecule has 0 unspecified atom stereocenters. The summed E-state index contributed by atoms with van der Waals surface area (Å²) in [5, 5.41) is 24.8. The lowest BCUT2D eigenvalue weighted by atomic mass is 9.72. The molecular formula is C19H37IN6O. The molecule has 1 fully saturated rings. The van der Waals surface area contributed by atoms with Crippen LogP contribution in [0.5, 0.6) is 0 Å². The van der Waals surface area contributed by atoms with Crippen LogP contribution in [0.15, 0.2) is 4.99 Å². The molecule has 7 nitrogen and oxygen atoms in total. The second-order valence-corrected chi connectivity index (χ2v) is 7.56. The maximum atomic E-state index is 9.52. The summed E-state index contributed by atoms with van der Waals surface area (Å²) in [6.07, 6.45) is 9.34. The molecule has 1 aliphatic rings. The molecule has 1 heterocycles. The number of rotatable bonds is 9. The van der Waals surface area contributed by atoms with E-state index in [0.717, 1.165) is 50.0 Å². The fourth-order valence-corrected chi connectivity index (χ4v) is 3.62. The van der Waals surface area contributed by atoms with Crippen LogP contribution in [0.3, 0.4) is 0 Å². The average Bonchev–Trinajstić information content (AvgIpc) is 2.97. The first kappa shape index (κ1) is 24.1. The van der Waals surface area contributed by atoms with E-state index >= 15 is 0 Å². The summed E-state index contributed by atoms with van der Waals surface area (Å²) < 4.78 is 1.97. The predicted octanol–water partition coefficient (Wildman–Crippen LogP) is 2.91. The van der Waals surface area contributed by atoms with Crippen LogP contribution in [0.4, 0.5) is 0 Å². The molecule has 0 aliphatic heterocycles. The highest BCUT2D eigenvalue weighted by Gasteiger charge is 2.31. The van der Waals surface area contributed by atoms with Gasteiger partial charge in [0.2, 0.25) is 0 Å². The third-order valence-corrected chi connectivity index (χ3v) is 5.57. The number of aliphatic hydroxyl groups excluding tert-OH is 1. The molecule has 0 amide bonds. The molecule has 1 saturated carbocycles. The number of guanidine groups is 1. The van der Waals surface area contributed by atoms with Crippen LogP contribution < -0.4 is 10.6 Å². The van der Waals surface area contributed by atoms with Crippen molar-refractivity contribution in [2.75, 3.05) is 19.7 Å². The van der Waals surface area contributed by atoms with Gasteiger partial charge in [0.1, 0.15) is 12.4 Å². The number of aromatic nitrogens is 3. The van der Waals surface area contributed by atoms with Crippen molar-refractivity contribution < 1.29 is 5.11 Å². The third kappa shape index (κ3) is 7.56. The fourth-order valence-electron chi connectivity index (χ4n) is 3.62. The minimum atomic E-state index is 0. The normalized spacial score (nSPS) is 16.7. The summed E-state index contributed by atoms with van der Waals surface area (Å²) in [7, 11) is 1.97. The van der Waals surface area contributed by atoms with Crippen LogP contribution in [0.2, 0.25) is 0 Å². The van der Waals surface area contributed by atoms with Crippen LogP contribution in [0.1, 0.15) is 69.9 Å². The SMILES string of the molecule is CCCCNC(=NCc1nnc(C)n1C)NCC1(CCO)CCCCC1.I. The van der Waals surface area contributed by atoms with Gasteiger partial charge in [-0.2, -0.15) is 0 Å². The van der Waals surface area contributed by atoms with Crippen LogP contribution in [0.25, 0.3) is 0 Å². The highest BCUT2D eigenvalue weighted by atomic mass is 127. The summed E-state index contributed by atoms with van der Waals surface area (Å²) in [6, 6.07) is 0. The number of hydrogen-bond donors (Lipinski definition) is 3. The molecule has 0 spiro atoms. The second-order valence-electron chi connectivity index (χ2n) is 7.56. The molecule has 1 aromatic rings. The molecular weight excluding hydrogens is 455 g/mol. The Morgan fingerprint density at radius 3 is 2.56 bits per heavy atom. The first-order valence-electron chi connectivity index (χ1n) is 10.1. The van der Waals surface area contributed by atoms with E-state index in [1.807, 2.05) is 18.5 Å². The maximum Gasteiger partial charge on any atom is 0.191 e. The molecule has 0 atom stereocenters. The smallest absolute Gasteiger partial charge is 0.191 e. The molecule has 0 aromatic carbocycles. The van der Waals surface area contributed by atoms with Crippen molar-refractivity contribution >= 4 is 29.9 Å². The van der Waals surface area contributed by atoms with E-state index in [2.05, 4.69) is 27.8 Å². The molecule has 1 aliphatic carbocycles. The van der Waals surface area contributed by atoms with Gasteiger partial charge in [-0.25, -0.2) is 4.99 Å². The van der Waals surface area contributed by atoms with Crippen molar-refractivity contribution in [3.05, 3.63) is 11.6 Å². The van der Waals surface area contributed by atoms with E-state index in [-0.39, 0.29) is 36.0 Å². The number of halogens is 1. The van der Waals surface area contributed by atoms with Gasteiger partial charge >= 0.3 is 0 Å². The molecule has 1 aromatic heterocycles. The Hall–Kier alpha value is -0.900. The van der Waals surface area contributed by atoms with Gasteiger partial charge in [-0.3, -0.25) is 0 Å². The van der Waals surface area contributed by atoms with E-state index in [1.54, 1.807) is 0 Å². The van der Waals surface area contributed by atoms with Gasteiger partial charge in [-0.1, -0.05) is 32.6 Å². The largest absolute Gasteiger partial charge is 0.396 e. The molecule has 2 rings (SSSR count). The van der Waals surface area contributed by atoms with Crippen molar-refractivity contribution in [2.24, 2.45) is 17.5 Å². The van der Waals surface area contributed by atoms with Crippen molar-refractivity contribution in [2.45, 2.75) is 71.8 Å². The van der Waals surface area contributed by atoms with Crippen LogP contribution in [-0.4, -0.2) is 45.5 Å². The number of nitrogens with zero attached hydrogens (tertiary/aromatic N) is 4. The van der Waals surface area contributed by atoms with E-state index in [0.29, 0.717) is 6.54 Å². The minimum absolute atomic E-state index is 0. The van der Waals surface area contributed by atoms with E-state index in [1.165, 1.54) is 32.1 Å². The molecule has 0 radical (unpaired) electrons. The van der Waals surface area contributed by atoms with Gasteiger partial charge in [-0.15, -0.1) is 34.2 Å². The lowest BCUT2D eigenvalue weighted by molar-refractivity contribution is 0.131. The Bertz CT molecular complexity index is 563. The molecule has 3 N–H and O–H groups in total. The van der Waals surface area contributed by atoms with Gasteiger partial charge in [-0.05, 0) is 38.0 Å². The number of aliphatic hydroxyl groups is 1. The third-order valence-electron chi connectivity index (χ3n) is 5.57. The average molecular weight is 492 g/mol. The van der Waals surface area contributed by atoms with Crippen LogP contribution >= 0.6 is 24.0 Å². The topological polar surface area (TPSA) is 87.4 Å². The quantitative estimate of drug-likeness (QED) is 0.214. The van der Waals surface area contributed by atoms with Crippen molar-refractivity contribution in [1.82, 2.24) is 25.4 Å². The Morgan fingerprint density at radius 2 is 1.96 bits per heavy atom. The van der Waals surface area contributed by atoms with Gasteiger partial charge in [0.15, 0.2) is 11.8 Å². The number of aryl methyl sites for hydroxylation is 1. The summed E-state index contributed by atoms with van der Waals surface area (Å²) >= 11 is 0. The van der Waals surface area contributed by atoms with Gasteiger partial charge in [0, 0.05) is 26.7 Å². The van der Waals surface area contributed by atoms with Gasteiger partial charge in [0.25, 0.3) is 0 Å². The molecule has 27 heavy (non-hydrogen) atoms. The predicted molar refractivity (Wildman–Crippen MR) is 120 cm³/mol. The molecule has 8 heteroatoms. The Labute approximate surface area is 180 Å². The molecule has 0 saturated heterocycles. The van der Waals surface area contributed by atoms with Crippen molar-refractivity contribution in [3.63, 3.8) is 0 Å². The summed E-state index contributed by atoms with van der Waals surface area (Å²) in [5.41, 5.74) is 0.196.